The average molecular weight is 1330 g/mol. The van der Waals surface area contributed by atoms with E-state index in [1.165, 1.54) is 7.11 Å². The van der Waals surface area contributed by atoms with Crippen LogP contribution in [0.25, 0.3) is 0 Å². The highest BCUT2D eigenvalue weighted by Gasteiger charge is 2.60. The molecule has 0 aliphatic carbocycles. The molecule has 90 heavy (non-hydrogen) atoms. The first-order valence-corrected chi connectivity index (χ1v) is 28.9. The topological polar surface area (TPSA) is 611 Å². The molecule has 40 heteroatoms. The van der Waals surface area contributed by atoms with Gasteiger partial charge in [-0.1, -0.05) is 0 Å². The Balaban J connectivity index is 0.987. The number of hydrogen-bond acceptors (Lipinski definition) is 40. The largest absolute Gasteiger partial charge is 0.394 e. The molecule has 30 heterocycles. The molecule has 0 spiro atoms. The molecule has 0 aromatic carbocycles. The van der Waals surface area contributed by atoms with Crippen molar-refractivity contribution >= 4 is 0 Å². The number of aliphatic hydroxyl groups excluding tert-OH is 22. The summed E-state index contributed by atoms with van der Waals surface area (Å²) in [7, 11) is 2.33. The van der Waals surface area contributed by atoms with Crippen molar-refractivity contribution in [2.24, 2.45) is 0 Å². The molecule has 0 amide bonds. The Morgan fingerprint density at radius 3 is 0.544 bits per heavy atom. The minimum Gasteiger partial charge on any atom is -0.394 e. The number of aliphatic hydroxyl groups is 22. The van der Waals surface area contributed by atoms with Crippen LogP contribution in [0.15, 0.2) is 0 Å². The maximum atomic E-state index is 11.7. The summed E-state index contributed by atoms with van der Waals surface area (Å²) < 4.78 is 104. The van der Waals surface area contributed by atoms with Crippen LogP contribution in [0.5, 0.6) is 0 Å². The zero-order chi connectivity index (χ0) is 65.5. The van der Waals surface area contributed by atoms with Crippen LogP contribution in [-0.4, -0.2) is 425 Å². The molecule has 0 saturated carbocycles. The second-order valence-corrected chi connectivity index (χ2v) is 22.9. The fourth-order valence-corrected chi connectivity index (χ4v) is 12.3. The van der Waals surface area contributed by atoms with Gasteiger partial charge in [0.1, 0.15) is 195 Å². The van der Waals surface area contributed by atoms with Crippen LogP contribution in [0.3, 0.4) is 0 Å². The van der Waals surface area contributed by atoms with Crippen molar-refractivity contribution < 1.29 is 198 Å². The quantitative estimate of drug-likeness (QED) is 0.0966. The molecule has 0 aromatic heterocycles. The van der Waals surface area contributed by atoms with Crippen molar-refractivity contribution in [1.82, 2.24) is 0 Å². The molecule has 16 bridgehead atoms. The van der Waals surface area contributed by atoms with Gasteiger partial charge in [0, 0.05) is 14.2 Å². The van der Waals surface area contributed by atoms with E-state index in [0.29, 0.717) is 0 Å². The summed E-state index contributed by atoms with van der Waals surface area (Å²) in [5.74, 6) is 0. The molecule has 30 aliphatic rings. The van der Waals surface area contributed by atoms with Crippen molar-refractivity contribution in [2.75, 3.05) is 67.1 Å². The first kappa shape index (κ1) is 72.7. The van der Waals surface area contributed by atoms with Gasteiger partial charge in [-0.3, -0.25) is 0 Å². The van der Waals surface area contributed by atoms with E-state index in [2.05, 4.69) is 0 Å². The third-order valence-corrected chi connectivity index (χ3v) is 17.3. The molecule has 30 fully saturated rings. The van der Waals surface area contributed by atoms with E-state index in [1.807, 2.05) is 0 Å². The molecule has 0 aromatic rings. The van der Waals surface area contributed by atoms with Gasteiger partial charge in [-0.2, -0.15) is 0 Å². The van der Waals surface area contributed by atoms with Crippen LogP contribution in [0, 0.1) is 0 Å². The Labute approximate surface area is 509 Å². The summed E-state index contributed by atoms with van der Waals surface area (Å²) in [4.78, 5) is 0. The van der Waals surface area contributed by atoms with Gasteiger partial charge in [-0.05, 0) is 0 Å². The number of ether oxygens (including phenoxy) is 18. The molecule has 40 atom stereocenters. The average Bonchev–Trinajstić information content (AvgIpc) is 0.797. The Morgan fingerprint density at radius 1 is 0.211 bits per heavy atom. The first-order valence-electron chi connectivity index (χ1n) is 28.9. The lowest BCUT2D eigenvalue weighted by atomic mass is 9.94. The van der Waals surface area contributed by atoms with Gasteiger partial charge in [0.25, 0.3) is 0 Å². The summed E-state index contributed by atoms with van der Waals surface area (Å²) in [6.07, 6.45) is -78.9. The molecule has 524 valence electrons. The lowest BCUT2D eigenvalue weighted by Gasteiger charge is -2.51. The lowest BCUT2D eigenvalue weighted by molar-refractivity contribution is -0.404. The Bertz CT molecular complexity index is 2170. The third kappa shape index (κ3) is 14.4. The summed E-state index contributed by atoms with van der Waals surface area (Å²) in [5, 5.41) is 245. The van der Waals surface area contributed by atoms with Crippen LogP contribution in [0.2, 0.25) is 0 Å². The van der Waals surface area contributed by atoms with Crippen LogP contribution in [0.1, 0.15) is 0 Å². The van der Waals surface area contributed by atoms with Crippen LogP contribution >= 0.6 is 0 Å². The van der Waals surface area contributed by atoms with Gasteiger partial charge in [0.15, 0.2) is 50.3 Å². The summed E-state index contributed by atoms with van der Waals surface area (Å²) in [6.45, 7) is -7.79. The molecule has 22 N–H and O–H groups in total. The number of methoxy groups -OCH3 is 2. The molecule has 30 aliphatic heterocycles. The van der Waals surface area contributed by atoms with Crippen molar-refractivity contribution in [2.45, 2.75) is 246 Å². The van der Waals surface area contributed by atoms with Crippen molar-refractivity contribution in [3.63, 3.8) is 0 Å². The van der Waals surface area contributed by atoms with Crippen molar-refractivity contribution in [1.29, 1.82) is 0 Å². The highest BCUT2D eigenvalue weighted by molar-refractivity contribution is 5.03. The third-order valence-electron chi connectivity index (χ3n) is 17.3. The Hall–Kier alpha value is -1.60. The van der Waals surface area contributed by atoms with E-state index in [4.69, 9.17) is 85.3 Å². The fraction of sp³-hybridized carbons (Fsp3) is 1.00. The molecule has 40 nitrogen and oxygen atoms in total. The Kier molecular flexibility index (Phi) is 25.3. The second-order valence-electron chi connectivity index (χ2n) is 22.9. The minimum atomic E-state index is -2.24. The zero-order valence-electron chi connectivity index (χ0n) is 47.9. The van der Waals surface area contributed by atoms with Crippen LogP contribution < -0.4 is 0 Å². The van der Waals surface area contributed by atoms with Crippen LogP contribution in [-0.2, 0) is 85.3 Å². The maximum absolute atomic E-state index is 11.7. The standard InChI is InChI=1S/C50H84O40/c1-73-10-18-41-42(74-2)33(72)50(82-18)89-40-17(9-57)80-48(31(70)24(40)63)87-38-15(7-55)78-46(29(68)22(38)61)85-36-13(5-53)76-44(27(66)20(36)59)83-34-11(3-51)75-43(26(65)19(34)58)84-35-12(4-52)77-45(28(67)21(35)60)86-37-14(6-54)79-47(30(69)23(37)62)88-39-16(8-56)81-49(90-41)32(71)25(39)64/h11-72H,3-10H2,1-2H3. The van der Waals surface area contributed by atoms with Crippen LogP contribution in [0.4, 0.5) is 0 Å². The highest BCUT2D eigenvalue weighted by Crippen LogP contribution is 2.40. The van der Waals surface area contributed by atoms with Gasteiger partial charge in [-0.15, -0.1) is 0 Å². The predicted octanol–water partition coefficient (Wildman–Crippen LogP) is -16.1. The van der Waals surface area contributed by atoms with Gasteiger partial charge < -0.3 is 198 Å². The van der Waals surface area contributed by atoms with Gasteiger partial charge in [0.05, 0.1) is 52.9 Å². The van der Waals surface area contributed by atoms with E-state index < -0.39 is 299 Å². The van der Waals surface area contributed by atoms with E-state index in [0.717, 1.165) is 7.11 Å². The van der Waals surface area contributed by atoms with E-state index in [-0.39, 0.29) is 0 Å². The van der Waals surface area contributed by atoms with Gasteiger partial charge in [-0.25, -0.2) is 0 Å². The summed E-state index contributed by atoms with van der Waals surface area (Å²) in [5.41, 5.74) is 0. The molecule has 30 saturated heterocycles. The van der Waals surface area contributed by atoms with E-state index >= 15 is 0 Å². The molecular weight excluding hydrogens is 1240 g/mol. The Morgan fingerprint density at radius 2 is 0.378 bits per heavy atom. The fourth-order valence-electron chi connectivity index (χ4n) is 12.3. The highest BCUT2D eigenvalue weighted by atomic mass is 16.8. The van der Waals surface area contributed by atoms with Crippen molar-refractivity contribution in [3.8, 4) is 0 Å². The molecular formula is C50H84O40. The molecule has 30 rings (SSSR count). The monoisotopic (exact) mass is 1320 g/mol. The maximum Gasteiger partial charge on any atom is 0.187 e. The predicted molar refractivity (Wildman–Crippen MR) is 271 cm³/mol. The normalized spacial score (nSPS) is 54.4. The second kappa shape index (κ2) is 31.3. The number of rotatable bonds is 10. The summed E-state index contributed by atoms with van der Waals surface area (Å²) >= 11 is 0. The zero-order valence-corrected chi connectivity index (χ0v) is 47.9. The first-order chi connectivity index (χ1) is 42.9. The SMILES string of the molecule is COCC1OC2OC3C(CO)OC(OC4C(CO)OC(OC5C(CO)OC(OC6C(CO)OC(OC7C(CO)OC(OC8C(CO)OC(OC9C(CO)OC(OC1C(OC)C2O)C(O)C9O)C(O)C8O)C(O)C7O)C(O)C6O)C(O)C5O)C(O)C4O)C(O)C3O. The minimum absolute atomic E-state index is 0.424. The van der Waals surface area contributed by atoms with E-state index in [9.17, 15) is 112 Å². The molecule has 40 unspecified atom stereocenters. The van der Waals surface area contributed by atoms with E-state index in [1.54, 1.807) is 0 Å². The van der Waals surface area contributed by atoms with Gasteiger partial charge in [0.2, 0.25) is 0 Å². The van der Waals surface area contributed by atoms with Gasteiger partial charge >= 0.3 is 0 Å². The lowest BCUT2D eigenvalue weighted by Crippen LogP contribution is -2.69. The molecule has 0 radical (unpaired) electrons. The van der Waals surface area contributed by atoms with Crippen molar-refractivity contribution in [3.05, 3.63) is 0 Å². The number of hydrogen-bond donors (Lipinski definition) is 22. The smallest absolute Gasteiger partial charge is 0.187 e. The summed E-state index contributed by atoms with van der Waals surface area (Å²) in [6, 6.07) is 0.